The molecule has 132 valence electrons. The molecule has 1 aliphatic rings. The van der Waals surface area contributed by atoms with Crippen molar-refractivity contribution in [2.24, 2.45) is 0 Å². The van der Waals surface area contributed by atoms with E-state index in [4.69, 9.17) is 9.47 Å². The van der Waals surface area contributed by atoms with Gasteiger partial charge in [-0.25, -0.2) is 0 Å². The minimum Gasteiger partial charge on any atom is -0.494 e. The SMILES string of the molecule is CCCOc1ccc(C(=O)CCC(=O)N2CC(C)OC(C)C2)cc1. The minimum absolute atomic E-state index is 0.0141. The molecular formula is C19H27NO4. The summed E-state index contributed by atoms with van der Waals surface area (Å²) in [4.78, 5) is 26.3. The molecule has 0 aliphatic carbocycles. The molecule has 1 amide bonds. The summed E-state index contributed by atoms with van der Waals surface area (Å²) in [5, 5.41) is 0. The third-order valence-corrected chi connectivity index (χ3v) is 3.99. The molecule has 5 heteroatoms. The standard InChI is InChI=1S/C19H27NO4/c1-4-11-23-17-7-5-16(6-8-17)18(21)9-10-19(22)20-12-14(2)24-15(3)13-20/h5-8,14-15H,4,9-13H2,1-3H3. The maximum absolute atomic E-state index is 12.3. The molecule has 0 bridgehead atoms. The zero-order valence-corrected chi connectivity index (χ0v) is 14.8. The van der Waals surface area contributed by atoms with Gasteiger partial charge in [-0.1, -0.05) is 6.92 Å². The van der Waals surface area contributed by atoms with Gasteiger partial charge in [-0.3, -0.25) is 9.59 Å². The van der Waals surface area contributed by atoms with Crippen molar-refractivity contribution >= 4 is 11.7 Å². The second kappa shape index (κ2) is 8.83. The normalized spacial score (nSPS) is 20.7. The molecule has 1 heterocycles. The fraction of sp³-hybridized carbons (Fsp3) is 0.579. The summed E-state index contributed by atoms with van der Waals surface area (Å²) >= 11 is 0. The summed E-state index contributed by atoms with van der Waals surface area (Å²) in [6, 6.07) is 7.12. The number of benzene rings is 1. The average molecular weight is 333 g/mol. The maximum atomic E-state index is 12.3. The molecule has 0 N–H and O–H groups in total. The molecule has 2 unspecified atom stereocenters. The average Bonchev–Trinajstić information content (AvgIpc) is 2.57. The molecule has 2 rings (SSSR count). The Bertz CT molecular complexity index is 545. The van der Waals surface area contributed by atoms with Crippen LogP contribution in [0, 0.1) is 0 Å². The molecule has 1 aromatic rings. The van der Waals surface area contributed by atoms with E-state index in [0.717, 1.165) is 12.2 Å². The fourth-order valence-corrected chi connectivity index (χ4v) is 2.86. The van der Waals surface area contributed by atoms with Crippen LogP contribution < -0.4 is 4.74 Å². The Morgan fingerprint density at radius 2 is 1.75 bits per heavy atom. The Morgan fingerprint density at radius 1 is 1.12 bits per heavy atom. The number of carbonyl (C=O) groups excluding carboxylic acids is 2. The van der Waals surface area contributed by atoms with Crippen LogP contribution in [-0.2, 0) is 9.53 Å². The van der Waals surface area contributed by atoms with E-state index in [9.17, 15) is 9.59 Å². The first-order valence-corrected chi connectivity index (χ1v) is 8.69. The van der Waals surface area contributed by atoms with Crippen molar-refractivity contribution in [3.05, 3.63) is 29.8 Å². The number of rotatable bonds is 7. The largest absolute Gasteiger partial charge is 0.494 e. The highest BCUT2D eigenvalue weighted by Gasteiger charge is 2.25. The van der Waals surface area contributed by atoms with E-state index in [1.165, 1.54) is 0 Å². The number of carbonyl (C=O) groups is 2. The molecule has 0 saturated carbocycles. The van der Waals surface area contributed by atoms with E-state index < -0.39 is 0 Å². The van der Waals surface area contributed by atoms with Crippen molar-refractivity contribution < 1.29 is 19.1 Å². The number of hydrogen-bond donors (Lipinski definition) is 0. The Balaban J connectivity index is 1.82. The second-order valence-corrected chi connectivity index (χ2v) is 6.35. The summed E-state index contributed by atoms with van der Waals surface area (Å²) < 4.78 is 11.1. The number of Topliss-reactive ketones (excluding diaryl/α,β-unsaturated/α-hetero) is 1. The number of ketones is 1. The molecule has 0 aromatic heterocycles. The van der Waals surface area contributed by atoms with Gasteiger partial charge in [-0.15, -0.1) is 0 Å². The molecule has 2 atom stereocenters. The van der Waals surface area contributed by atoms with Crippen LogP contribution in [0.1, 0.15) is 50.4 Å². The van der Waals surface area contributed by atoms with E-state index in [0.29, 0.717) is 25.3 Å². The highest BCUT2D eigenvalue weighted by molar-refractivity contribution is 5.98. The quantitative estimate of drug-likeness (QED) is 0.720. The van der Waals surface area contributed by atoms with E-state index in [1.54, 1.807) is 29.2 Å². The van der Waals surface area contributed by atoms with Crippen molar-refractivity contribution in [1.29, 1.82) is 0 Å². The number of nitrogens with zero attached hydrogens (tertiary/aromatic N) is 1. The minimum atomic E-state index is -0.0141. The first-order valence-electron chi connectivity index (χ1n) is 8.69. The van der Waals surface area contributed by atoms with Crippen molar-refractivity contribution in [2.45, 2.75) is 52.2 Å². The van der Waals surface area contributed by atoms with Crippen LogP contribution in [0.3, 0.4) is 0 Å². The molecule has 24 heavy (non-hydrogen) atoms. The zero-order valence-electron chi connectivity index (χ0n) is 14.8. The molecule has 1 fully saturated rings. The van der Waals surface area contributed by atoms with Crippen LogP contribution in [0.5, 0.6) is 5.75 Å². The Kier molecular flexibility index (Phi) is 6.79. The van der Waals surface area contributed by atoms with Crippen LogP contribution in [0.15, 0.2) is 24.3 Å². The van der Waals surface area contributed by atoms with Crippen LogP contribution >= 0.6 is 0 Å². The van der Waals surface area contributed by atoms with Gasteiger partial charge in [0.15, 0.2) is 5.78 Å². The summed E-state index contributed by atoms with van der Waals surface area (Å²) in [7, 11) is 0. The highest BCUT2D eigenvalue weighted by Crippen LogP contribution is 2.16. The highest BCUT2D eigenvalue weighted by atomic mass is 16.5. The molecular weight excluding hydrogens is 306 g/mol. The van der Waals surface area contributed by atoms with Gasteiger partial charge in [-0.05, 0) is 44.5 Å². The lowest BCUT2D eigenvalue weighted by Crippen LogP contribution is -2.48. The van der Waals surface area contributed by atoms with Crippen molar-refractivity contribution in [3.8, 4) is 5.75 Å². The zero-order chi connectivity index (χ0) is 17.5. The Morgan fingerprint density at radius 3 is 2.33 bits per heavy atom. The predicted molar refractivity (Wildman–Crippen MR) is 92.4 cm³/mol. The molecule has 5 nitrogen and oxygen atoms in total. The van der Waals surface area contributed by atoms with Gasteiger partial charge in [0.05, 0.1) is 18.8 Å². The third kappa shape index (κ3) is 5.34. The smallest absolute Gasteiger partial charge is 0.223 e. The lowest BCUT2D eigenvalue weighted by Gasteiger charge is -2.35. The molecule has 1 saturated heterocycles. The number of hydrogen-bond acceptors (Lipinski definition) is 4. The maximum Gasteiger partial charge on any atom is 0.223 e. The van der Waals surface area contributed by atoms with Crippen molar-refractivity contribution in [2.75, 3.05) is 19.7 Å². The van der Waals surface area contributed by atoms with Gasteiger partial charge >= 0.3 is 0 Å². The fourth-order valence-electron chi connectivity index (χ4n) is 2.86. The number of ether oxygens (including phenoxy) is 2. The second-order valence-electron chi connectivity index (χ2n) is 6.35. The lowest BCUT2D eigenvalue weighted by molar-refractivity contribution is -0.143. The number of amides is 1. The van der Waals surface area contributed by atoms with E-state index in [-0.39, 0.29) is 36.7 Å². The van der Waals surface area contributed by atoms with Crippen LogP contribution in [0.25, 0.3) is 0 Å². The van der Waals surface area contributed by atoms with E-state index in [2.05, 4.69) is 0 Å². The molecule has 1 aliphatic heterocycles. The van der Waals surface area contributed by atoms with Crippen LogP contribution in [0.4, 0.5) is 0 Å². The first kappa shape index (κ1) is 18.5. The van der Waals surface area contributed by atoms with Crippen molar-refractivity contribution in [3.63, 3.8) is 0 Å². The predicted octanol–water partition coefficient (Wildman–Crippen LogP) is 3.07. The van der Waals surface area contributed by atoms with Gasteiger partial charge in [0.25, 0.3) is 0 Å². The van der Waals surface area contributed by atoms with Crippen molar-refractivity contribution in [1.82, 2.24) is 4.90 Å². The van der Waals surface area contributed by atoms with Crippen LogP contribution in [-0.4, -0.2) is 48.5 Å². The van der Waals surface area contributed by atoms with Crippen LogP contribution in [0.2, 0.25) is 0 Å². The topological polar surface area (TPSA) is 55.8 Å². The summed E-state index contributed by atoms with van der Waals surface area (Å²) in [6.45, 7) is 7.83. The summed E-state index contributed by atoms with van der Waals surface area (Å²) in [5.41, 5.74) is 0.621. The molecule has 0 spiro atoms. The van der Waals surface area contributed by atoms with Gasteiger partial charge in [0.1, 0.15) is 5.75 Å². The lowest BCUT2D eigenvalue weighted by atomic mass is 10.1. The summed E-state index contributed by atoms with van der Waals surface area (Å²) in [6.07, 6.45) is 1.51. The number of morpholine rings is 1. The van der Waals surface area contributed by atoms with E-state index >= 15 is 0 Å². The van der Waals surface area contributed by atoms with E-state index in [1.807, 2.05) is 20.8 Å². The van der Waals surface area contributed by atoms with Gasteiger partial charge in [0, 0.05) is 31.5 Å². The summed E-state index contributed by atoms with van der Waals surface area (Å²) in [5.74, 6) is 0.772. The third-order valence-electron chi connectivity index (χ3n) is 3.99. The monoisotopic (exact) mass is 333 g/mol. The first-order chi connectivity index (χ1) is 11.5. The van der Waals surface area contributed by atoms with Gasteiger partial charge in [0.2, 0.25) is 5.91 Å². The Hall–Kier alpha value is -1.88. The molecule has 1 aromatic carbocycles. The molecule has 0 radical (unpaired) electrons. The van der Waals surface area contributed by atoms with Gasteiger partial charge < -0.3 is 14.4 Å². The Labute approximate surface area is 143 Å². The van der Waals surface area contributed by atoms with Gasteiger partial charge in [-0.2, -0.15) is 0 Å².